The molecule has 1 amide bonds. The van der Waals surface area contributed by atoms with E-state index in [0.29, 0.717) is 37.3 Å². The molecule has 1 atom stereocenters. The number of nitrogens with zero attached hydrogens (tertiary/aromatic N) is 1. The van der Waals surface area contributed by atoms with Crippen molar-refractivity contribution in [1.29, 1.82) is 0 Å². The first-order valence-corrected chi connectivity index (χ1v) is 9.48. The fourth-order valence-electron chi connectivity index (χ4n) is 4.13. The van der Waals surface area contributed by atoms with Crippen LogP contribution in [0.2, 0.25) is 0 Å². The van der Waals surface area contributed by atoms with Gasteiger partial charge in [-0.15, -0.1) is 0 Å². The number of hydrogen-bond donors (Lipinski definition) is 1. The molecule has 0 aromatic carbocycles. The number of rotatable bonds is 2. The third-order valence-corrected chi connectivity index (χ3v) is 5.80. The van der Waals surface area contributed by atoms with Gasteiger partial charge in [0.15, 0.2) is 5.60 Å². The number of hydrogen-bond acceptors (Lipinski definition) is 7. The van der Waals surface area contributed by atoms with Gasteiger partial charge >= 0.3 is 11.8 Å². The Morgan fingerprint density at radius 1 is 1.30 bits per heavy atom. The summed E-state index contributed by atoms with van der Waals surface area (Å²) in [4.78, 5) is 38.3. The van der Waals surface area contributed by atoms with Crippen molar-refractivity contribution in [3.63, 3.8) is 0 Å². The van der Waals surface area contributed by atoms with Crippen molar-refractivity contribution >= 4 is 12.1 Å². The van der Waals surface area contributed by atoms with E-state index in [4.69, 9.17) is 13.9 Å². The summed E-state index contributed by atoms with van der Waals surface area (Å²) >= 11 is 0. The molecule has 4 rings (SSSR count). The third-order valence-electron chi connectivity index (χ3n) is 5.80. The van der Waals surface area contributed by atoms with Crippen molar-refractivity contribution < 1.29 is 23.5 Å². The maximum absolute atomic E-state index is 12.9. The van der Waals surface area contributed by atoms with Gasteiger partial charge in [0, 0.05) is 38.4 Å². The predicted octanol–water partition coefficient (Wildman–Crippen LogP) is 1.56. The topological polar surface area (TPSA) is 98.1 Å². The van der Waals surface area contributed by atoms with Crippen LogP contribution in [0, 0.1) is 6.92 Å². The molecule has 4 heterocycles. The van der Waals surface area contributed by atoms with E-state index < -0.39 is 17.4 Å². The molecule has 3 fully saturated rings. The van der Waals surface area contributed by atoms with Gasteiger partial charge in [-0.05, 0) is 37.9 Å². The first kappa shape index (κ1) is 18.0. The molecule has 1 N–H and O–H groups in total. The standard InChI is InChI=1S/C19H24N2O6/c1-12-9-14(13-3-2-6-20-10-13)26-17(23)15(12)16(22)21-7-4-19(5-8-21)11-25-18(24)27-19/h9,13,20H,2-8,10-11H2,1H3. The van der Waals surface area contributed by atoms with E-state index in [0.717, 1.165) is 25.9 Å². The fraction of sp³-hybridized carbons (Fsp3) is 0.632. The molecule has 0 bridgehead atoms. The highest BCUT2D eigenvalue weighted by Gasteiger charge is 2.45. The largest absolute Gasteiger partial charge is 0.509 e. The summed E-state index contributed by atoms with van der Waals surface area (Å²) in [5.41, 5.74) is -0.465. The lowest BCUT2D eigenvalue weighted by atomic mass is 9.91. The molecule has 1 aromatic rings. The lowest BCUT2D eigenvalue weighted by molar-refractivity contribution is 0.00267. The number of piperidine rings is 2. The van der Waals surface area contributed by atoms with Crippen LogP contribution in [0.1, 0.15) is 53.3 Å². The smallest absolute Gasteiger partial charge is 0.430 e. The summed E-state index contributed by atoms with van der Waals surface area (Å²) in [7, 11) is 0. The first-order valence-electron chi connectivity index (χ1n) is 9.48. The molecule has 27 heavy (non-hydrogen) atoms. The maximum Gasteiger partial charge on any atom is 0.509 e. The van der Waals surface area contributed by atoms with Crippen molar-refractivity contribution in [3.05, 3.63) is 33.4 Å². The minimum atomic E-state index is -0.654. The van der Waals surface area contributed by atoms with Crippen molar-refractivity contribution in [3.8, 4) is 0 Å². The van der Waals surface area contributed by atoms with E-state index >= 15 is 0 Å². The SMILES string of the molecule is Cc1cc(C2CCCNC2)oc(=O)c1C(=O)N1CCC2(CC1)COC(=O)O2. The van der Waals surface area contributed by atoms with Crippen LogP contribution in [0.5, 0.6) is 0 Å². The summed E-state index contributed by atoms with van der Waals surface area (Å²) in [5.74, 6) is 0.490. The zero-order valence-electron chi connectivity index (χ0n) is 15.4. The average Bonchev–Trinajstić information content (AvgIpc) is 3.02. The first-order chi connectivity index (χ1) is 13.0. The van der Waals surface area contributed by atoms with Crippen LogP contribution in [0.25, 0.3) is 0 Å². The van der Waals surface area contributed by atoms with Crippen molar-refractivity contribution in [2.24, 2.45) is 0 Å². The number of nitrogens with one attached hydrogen (secondary N) is 1. The van der Waals surface area contributed by atoms with E-state index in [1.54, 1.807) is 11.8 Å². The van der Waals surface area contributed by atoms with Crippen LogP contribution in [0.15, 0.2) is 15.3 Å². The molecule has 1 spiro atoms. The summed E-state index contributed by atoms with van der Waals surface area (Å²) in [5, 5.41) is 3.30. The van der Waals surface area contributed by atoms with E-state index in [2.05, 4.69) is 5.32 Å². The van der Waals surface area contributed by atoms with Gasteiger partial charge in [0.05, 0.1) is 0 Å². The van der Waals surface area contributed by atoms with Crippen molar-refractivity contribution in [1.82, 2.24) is 10.2 Å². The number of carbonyl (C=O) groups excluding carboxylic acids is 2. The predicted molar refractivity (Wildman–Crippen MR) is 94.9 cm³/mol. The lowest BCUT2D eigenvalue weighted by Crippen LogP contribution is -2.48. The van der Waals surface area contributed by atoms with Gasteiger partial charge in [-0.1, -0.05) is 0 Å². The monoisotopic (exact) mass is 376 g/mol. The lowest BCUT2D eigenvalue weighted by Gasteiger charge is -2.36. The van der Waals surface area contributed by atoms with Gasteiger partial charge < -0.3 is 24.1 Å². The molecule has 3 saturated heterocycles. The van der Waals surface area contributed by atoms with Gasteiger partial charge in [0.2, 0.25) is 0 Å². The fourth-order valence-corrected chi connectivity index (χ4v) is 4.13. The third kappa shape index (κ3) is 3.45. The van der Waals surface area contributed by atoms with Gasteiger partial charge in [-0.3, -0.25) is 4.79 Å². The van der Waals surface area contributed by atoms with E-state index in [1.807, 2.05) is 6.07 Å². The molecule has 8 heteroatoms. The van der Waals surface area contributed by atoms with E-state index in [-0.39, 0.29) is 24.0 Å². The minimum absolute atomic E-state index is 0.0955. The second kappa shape index (κ2) is 6.99. The molecule has 0 saturated carbocycles. The van der Waals surface area contributed by atoms with Crippen LogP contribution in [-0.2, 0) is 9.47 Å². The van der Waals surface area contributed by atoms with Crippen LogP contribution >= 0.6 is 0 Å². The summed E-state index contributed by atoms with van der Waals surface area (Å²) in [6.45, 7) is 4.57. The van der Waals surface area contributed by atoms with E-state index in [1.165, 1.54) is 0 Å². The van der Waals surface area contributed by atoms with Crippen LogP contribution in [0.4, 0.5) is 4.79 Å². The normalized spacial score (nSPS) is 24.6. The number of cyclic esters (lactones) is 1. The zero-order valence-corrected chi connectivity index (χ0v) is 15.4. The molecule has 0 aliphatic carbocycles. The summed E-state index contributed by atoms with van der Waals surface area (Å²) < 4.78 is 15.7. The minimum Gasteiger partial charge on any atom is -0.430 e. The van der Waals surface area contributed by atoms with E-state index in [9.17, 15) is 14.4 Å². The molecule has 3 aliphatic rings. The highest BCUT2D eigenvalue weighted by molar-refractivity contribution is 5.95. The Morgan fingerprint density at radius 2 is 2.07 bits per heavy atom. The average molecular weight is 376 g/mol. The van der Waals surface area contributed by atoms with Crippen molar-refractivity contribution in [2.45, 2.75) is 44.1 Å². The molecule has 1 unspecified atom stereocenters. The number of aryl methyl sites for hydroxylation is 1. The Bertz CT molecular complexity index is 803. The zero-order chi connectivity index (χ0) is 19.0. The van der Waals surface area contributed by atoms with Gasteiger partial charge in [0.25, 0.3) is 5.91 Å². The summed E-state index contributed by atoms with van der Waals surface area (Å²) in [6, 6.07) is 1.82. The number of likely N-dealkylation sites (tertiary alicyclic amines) is 1. The molecule has 8 nitrogen and oxygen atoms in total. The molecule has 146 valence electrons. The second-order valence-corrected chi connectivity index (χ2v) is 7.65. The second-order valence-electron chi connectivity index (χ2n) is 7.65. The maximum atomic E-state index is 12.9. The van der Waals surface area contributed by atoms with Crippen LogP contribution in [0.3, 0.4) is 0 Å². The van der Waals surface area contributed by atoms with Gasteiger partial charge in [-0.25, -0.2) is 9.59 Å². The van der Waals surface area contributed by atoms with Gasteiger partial charge in [-0.2, -0.15) is 0 Å². The number of carbonyl (C=O) groups is 2. The van der Waals surface area contributed by atoms with Crippen LogP contribution < -0.4 is 10.9 Å². The highest BCUT2D eigenvalue weighted by atomic mass is 16.8. The molecular formula is C19H24N2O6. The van der Waals surface area contributed by atoms with Crippen LogP contribution in [-0.4, -0.2) is 55.3 Å². The Kier molecular flexibility index (Phi) is 4.67. The summed E-state index contributed by atoms with van der Waals surface area (Å²) in [6.07, 6.45) is 2.36. The quantitative estimate of drug-likeness (QED) is 0.782. The molecule has 1 aromatic heterocycles. The molecular weight excluding hydrogens is 352 g/mol. The Hall–Kier alpha value is -2.35. The number of ether oxygens (including phenoxy) is 2. The number of amides is 1. The Morgan fingerprint density at radius 3 is 2.67 bits per heavy atom. The van der Waals surface area contributed by atoms with Crippen molar-refractivity contribution in [2.75, 3.05) is 32.8 Å². The van der Waals surface area contributed by atoms with Gasteiger partial charge in [0.1, 0.15) is 17.9 Å². The Balaban J connectivity index is 1.49. The Labute approximate surface area is 156 Å². The molecule has 3 aliphatic heterocycles. The highest BCUT2D eigenvalue weighted by Crippen LogP contribution is 2.32. The molecule has 0 radical (unpaired) electrons.